The maximum atomic E-state index is 12.2. The van der Waals surface area contributed by atoms with Crippen LogP contribution in [0.4, 0.5) is 5.69 Å². The van der Waals surface area contributed by atoms with Gasteiger partial charge in [-0.25, -0.2) is 0 Å². The van der Waals surface area contributed by atoms with Crippen molar-refractivity contribution >= 4 is 11.6 Å². The molecule has 0 unspecified atom stereocenters. The van der Waals surface area contributed by atoms with Crippen LogP contribution in [-0.4, -0.2) is 72.3 Å². The molecule has 1 aliphatic heterocycles. The van der Waals surface area contributed by atoms with E-state index in [1.54, 1.807) is 0 Å². The molecule has 24 heavy (non-hydrogen) atoms. The van der Waals surface area contributed by atoms with E-state index >= 15 is 0 Å². The zero-order chi connectivity index (χ0) is 17.6. The molecule has 0 aromatic heterocycles. The van der Waals surface area contributed by atoms with Gasteiger partial charge in [0.1, 0.15) is 5.75 Å². The van der Waals surface area contributed by atoms with Gasteiger partial charge in [0, 0.05) is 38.4 Å². The van der Waals surface area contributed by atoms with Crippen molar-refractivity contribution in [3.8, 4) is 5.75 Å². The third-order valence-corrected chi connectivity index (χ3v) is 3.89. The number of amides is 1. The molecule has 0 aliphatic carbocycles. The maximum Gasteiger partial charge on any atom is 0.238 e. The Bertz CT molecular complexity index is 517. The summed E-state index contributed by atoms with van der Waals surface area (Å²) in [5.41, 5.74) is 0.108. The molecule has 0 saturated carbocycles. The van der Waals surface area contributed by atoms with Gasteiger partial charge in [-0.3, -0.25) is 14.6 Å². The number of nitrogens with zero attached hydrogens (tertiary/aromatic N) is 2. The van der Waals surface area contributed by atoms with Crippen LogP contribution in [0.5, 0.6) is 5.75 Å². The van der Waals surface area contributed by atoms with Crippen molar-refractivity contribution in [2.45, 2.75) is 26.4 Å². The van der Waals surface area contributed by atoms with Crippen LogP contribution in [0, 0.1) is 0 Å². The maximum absolute atomic E-state index is 12.2. The number of β-amino-alcohol motifs (C(OH)–C–C–N with tert-alkyl or cyclic N) is 1. The summed E-state index contributed by atoms with van der Waals surface area (Å²) in [6.07, 6.45) is 0. The van der Waals surface area contributed by atoms with E-state index in [2.05, 4.69) is 15.1 Å². The summed E-state index contributed by atoms with van der Waals surface area (Å²) in [4.78, 5) is 16.5. The van der Waals surface area contributed by atoms with Crippen molar-refractivity contribution in [1.82, 2.24) is 9.80 Å². The summed E-state index contributed by atoms with van der Waals surface area (Å²) in [6.45, 7) is 10.7. The fourth-order valence-corrected chi connectivity index (χ4v) is 2.86. The van der Waals surface area contributed by atoms with Crippen molar-refractivity contribution in [3.05, 3.63) is 24.3 Å². The highest BCUT2D eigenvalue weighted by molar-refractivity contribution is 5.92. The minimum Gasteiger partial charge on any atom is -0.494 e. The predicted molar refractivity (Wildman–Crippen MR) is 95.4 cm³/mol. The summed E-state index contributed by atoms with van der Waals surface area (Å²) >= 11 is 0. The molecule has 1 amide bonds. The van der Waals surface area contributed by atoms with E-state index in [1.807, 2.05) is 45.0 Å². The lowest BCUT2D eigenvalue weighted by Crippen LogP contribution is -2.51. The van der Waals surface area contributed by atoms with Gasteiger partial charge in [-0.15, -0.1) is 0 Å². The first-order valence-electron chi connectivity index (χ1n) is 8.55. The SMILES string of the molecule is CCOc1ccc(NC(=O)CN2CCN(CC(C)(C)O)CC2)cc1. The molecule has 6 heteroatoms. The Morgan fingerprint density at radius 2 is 1.75 bits per heavy atom. The second-order valence-corrected chi connectivity index (χ2v) is 6.87. The minimum atomic E-state index is -0.673. The average Bonchev–Trinajstić information content (AvgIpc) is 2.50. The van der Waals surface area contributed by atoms with Gasteiger partial charge in [0.05, 0.1) is 18.8 Å². The lowest BCUT2D eigenvalue weighted by molar-refractivity contribution is -0.117. The van der Waals surface area contributed by atoms with Gasteiger partial charge < -0.3 is 15.2 Å². The molecular weight excluding hydrogens is 306 g/mol. The minimum absolute atomic E-state index is 0.00454. The molecule has 0 bridgehead atoms. The first kappa shape index (κ1) is 18.7. The Labute approximate surface area is 144 Å². The molecule has 6 nitrogen and oxygen atoms in total. The number of carbonyl (C=O) groups excluding carboxylic acids is 1. The van der Waals surface area contributed by atoms with Crippen LogP contribution >= 0.6 is 0 Å². The van der Waals surface area contributed by atoms with Crippen molar-refractivity contribution in [3.63, 3.8) is 0 Å². The number of ether oxygens (including phenoxy) is 1. The van der Waals surface area contributed by atoms with E-state index in [-0.39, 0.29) is 5.91 Å². The Kier molecular flexibility index (Phi) is 6.60. The smallest absolute Gasteiger partial charge is 0.238 e. The van der Waals surface area contributed by atoms with E-state index in [0.29, 0.717) is 19.7 Å². The largest absolute Gasteiger partial charge is 0.494 e. The van der Waals surface area contributed by atoms with E-state index in [4.69, 9.17) is 4.74 Å². The summed E-state index contributed by atoms with van der Waals surface area (Å²) in [5, 5.41) is 12.8. The molecule has 1 saturated heterocycles. The Hall–Kier alpha value is -1.63. The first-order valence-corrected chi connectivity index (χ1v) is 8.55. The summed E-state index contributed by atoms with van der Waals surface area (Å²) in [6, 6.07) is 7.41. The van der Waals surface area contributed by atoms with E-state index in [1.165, 1.54) is 0 Å². The zero-order valence-corrected chi connectivity index (χ0v) is 14.9. The highest BCUT2D eigenvalue weighted by Crippen LogP contribution is 2.15. The summed E-state index contributed by atoms with van der Waals surface area (Å²) in [7, 11) is 0. The first-order chi connectivity index (χ1) is 11.4. The lowest BCUT2D eigenvalue weighted by Gasteiger charge is -2.36. The molecule has 1 heterocycles. The normalized spacial score (nSPS) is 16.8. The number of aliphatic hydroxyl groups is 1. The van der Waals surface area contributed by atoms with Crippen molar-refractivity contribution in [2.24, 2.45) is 0 Å². The van der Waals surface area contributed by atoms with E-state index in [0.717, 1.165) is 37.6 Å². The number of carbonyl (C=O) groups is 1. The third-order valence-electron chi connectivity index (χ3n) is 3.89. The molecular formula is C18H29N3O3. The van der Waals surface area contributed by atoms with Crippen LogP contribution in [0.1, 0.15) is 20.8 Å². The standard InChI is InChI=1S/C18H29N3O3/c1-4-24-16-7-5-15(6-8-16)19-17(22)13-20-9-11-21(12-10-20)14-18(2,3)23/h5-8,23H,4,9-14H2,1-3H3,(H,19,22). The van der Waals surface area contributed by atoms with Gasteiger partial charge in [0.25, 0.3) is 0 Å². The molecule has 0 spiro atoms. The molecule has 0 radical (unpaired) electrons. The van der Waals surface area contributed by atoms with Crippen molar-refractivity contribution in [2.75, 3.05) is 51.2 Å². The van der Waals surface area contributed by atoms with Crippen molar-refractivity contribution in [1.29, 1.82) is 0 Å². The monoisotopic (exact) mass is 335 g/mol. The molecule has 1 aliphatic rings. The lowest BCUT2D eigenvalue weighted by atomic mass is 10.1. The molecule has 1 aromatic carbocycles. The van der Waals surface area contributed by atoms with Gasteiger partial charge in [-0.05, 0) is 45.0 Å². The highest BCUT2D eigenvalue weighted by Gasteiger charge is 2.23. The van der Waals surface area contributed by atoms with Gasteiger partial charge >= 0.3 is 0 Å². The quantitative estimate of drug-likeness (QED) is 0.789. The molecule has 0 atom stereocenters. The Balaban J connectivity index is 1.73. The average molecular weight is 335 g/mol. The van der Waals surface area contributed by atoms with Crippen LogP contribution in [0.15, 0.2) is 24.3 Å². The van der Waals surface area contributed by atoms with Crippen LogP contribution < -0.4 is 10.1 Å². The van der Waals surface area contributed by atoms with E-state index < -0.39 is 5.60 Å². The van der Waals surface area contributed by atoms with Crippen LogP contribution in [-0.2, 0) is 4.79 Å². The molecule has 1 fully saturated rings. The Morgan fingerprint density at radius 1 is 1.17 bits per heavy atom. The third kappa shape index (κ3) is 6.47. The van der Waals surface area contributed by atoms with E-state index in [9.17, 15) is 9.90 Å². The molecule has 1 aromatic rings. The predicted octanol–water partition coefficient (Wildman–Crippen LogP) is 1.41. The highest BCUT2D eigenvalue weighted by atomic mass is 16.5. The van der Waals surface area contributed by atoms with Crippen LogP contribution in [0.2, 0.25) is 0 Å². The zero-order valence-electron chi connectivity index (χ0n) is 14.9. The van der Waals surface area contributed by atoms with Crippen molar-refractivity contribution < 1.29 is 14.6 Å². The number of hydrogen-bond acceptors (Lipinski definition) is 5. The number of hydrogen-bond donors (Lipinski definition) is 2. The molecule has 134 valence electrons. The molecule has 2 rings (SSSR count). The van der Waals surface area contributed by atoms with Gasteiger partial charge in [0.15, 0.2) is 0 Å². The van der Waals surface area contributed by atoms with Crippen LogP contribution in [0.25, 0.3) is 0 Å². The summed E-state index contributed by atoms with van der Waals surface area (Å²) < 4.78 is 5.39. The molecule has 2 N–H and O–H groups in total. The number of benzene rings is 1. The topological polar surface area (TPSA) is 65.0 Å². The van der Waals surface area contributed by atoms with Gasteiger partial charge in [0.2, 0.25) is 5.91 Å². The number of nitrogens with one attached hydrogen (secondary N) is 1. The Morgan fingerprint density at radius 3 is 2.29 bits per heavy atom. The fourth-order valence-electron chi connectivity index (χ4n) is 2.86. The van der Waals surface area contributed by atoms with Gasteiger partial charge in [-0.2, -0.15) is 0 Å². The number of anilines is 1. The van der Waals surface area contributed by atoms with Gasteiger partial charge in [-0.1, -0.05) is 0 Å². The number of piperazine rings is 1. The second-order valence-electron chi connectivity index (χ2n) is 6.87. The van der Waals surface area contributed by atoms with Crippen LogP contribution in [0.3, 0.4) is 0 Å². The fraction of sp³-hybridized carbons (Fsp3) is 0.611. The summed E-state index contributed by atoms with van der Waals surface area (Å²) in [5.74, 6) is 0.800. The number of rotatable bonds is 7. The second kappa shape index (κ2) is 8.46.